The number of ether oxygens (including phenoxy) is 2. The molecule has 0 amide bonds. The minimum Gasteiger partial charge on any atom is -0.450 e. The van der Waals surface area contributed by atoms with Gasteiger partial charge in [-0.15, -0.1) is 0 Å². The van der Waals surface area contributed by atoms with Crippen molar-refractivity contribution in [3.8, 4) is 67.5 Å². The van der Waals surface area contributed by atoms with Crippen molar-refractivity contribution < 1.29 is 9.47 Å². The second kappa shape index (κ2) is 15.7. The third-order valence-electron chi connectivity index (χ3n) is 19.4. The highest BCUT2D eigenvalue weighted by Gasteiger charge is 2.52. The second-order valence-corrected chi connectivity index (χ2v) is 26.8. The Labute approximate surface area is 461 Å². The molecular formula is C73H67BN2O2. The fourth-order valence-corrected chi connectivity index (χ4v) is 15.0. The molecule has 78 heavy (non-hydrogen) atoms. The molecular weight excluding hydrogens is 948 g/mol. The standard InChI is InChI=1S/C73H67BN2O2/c1-42-34-54-55(71(7,8)33-32-70(54,5)6)39-58(42)75-60-41-65-64(77-62-28-20-21-29-63(62)78-65)40-56(60)74-68-61(75)38-49-46-25-17-19-27-52(46)73(11,12)67(49)66(68)50-36-53-48(45-24-16-18-26-51(45)72(53,9)10)37-59(50)76(74)57-31-30-44(69(2,3)4)35-47(57)43-22-14-13-15-23-43/h13-31,34-41H,32-33H2,1-12H3. The van der Waals surface area contributed by atoms with E-state index in [9.17, 15) is 0 Å². The summed E-state index contributed by atoms with van der Waals surface area (Å²) in [4.78, 5) is 5.39. The van der Waals surface area contributed by atoms with Crippen molar-refractivity contribution in [2.45, 2.75) is 123 Å². The van der Waals surface area contributed by atoms with Crippen LogP contribution in [0, 0.1) is 6.92 Å². The van der Waals surface area contributed by atoms with Crippen molar-refractivity contribution in [1.29, 1.82) is 0 Å². The summed E-state index contributed by atoms with van der Waals surface area (Å²) in [5.74, 6) is 2.87. The zero-order chi connectivity index (χ0) is 53.7. The van der Waals surface area contributed by atoms with E-state index in [2.05, 4.69) is 232 Å². The second-order valence-electron chi connectivity index (χ2n) is 26.8. The van der Waals surface area contributed by atoms with Gasteiger partial charge in [0, 0.05) is 56.5 Å². The summed E-state index contributed by atoms with van der Waals surface area (Å²) in [5, 5.41) is 0. The van der Waals surface area contributed by atoms with Crippen LogP contribution in [-0.4, -0.2) is 6.85 Å². The Kier molecular flexibility index (Phi) is 9.56. The highest BCUT2D eigenvalue weighted by molar-refractivity contribution is 6.94. The third kappa shape index (κ3) is 6.42. The maximum atomic E-state index is 7.03. The maximum Gasteiger partial charge on any atom is 0.333 e. The molecule has 0 radical (unpaired) electrons. The third-order valence-corrected chi connectivity index (χ3v) is 19.4. The van der Waals surface area contributed by atoms with Gasteiger partial charge in [-0.1, -0.05) is 179 Å². The van der Waals surface area contributed by atoms with E-state index in [1.165, 1.54) is 123 Å². The molecule has 15 rings (SSSR count). The molecule has 3 aliphatic heterocycles. The van der Waals surface area contributed by atoms with E-state index in [0.717, 1.165) is 35.8 Å². The normalized spacial score (nSPS) is 17.4. The first-order chi connectivity index (χ1) is 37.2. The molecule has 4 nitrogen and oxygen atoms in total. The number of anilines is 5. The van der Waals surface area contributed by atoms with E-state index in [-0.39, 0.29) is 33.9 Å². The Hall–Kier alpha value is -7.76. The van der Waals surface area contributed by atoms with Crippen LogP contribution in [0.15, 0.2) is 164 Å². The van der Waals surface area contributed by atoms with Gasteiger partial charge in [-0.05, 0) is 179 Å². The molecule has 6 aliphatic rings. The largest absolute Gasteiger partial charge is 0.450 e. The van der Waals surface area contributed by atoms with Crippen LogP contribution in [0.25, 0.3) is 44.5 Å². The summed E-state index contributed by atoms with van der Waals surface area (Å²) < 4.78 is 14.0. The van der Waals surface area contributed by atoms with Gasteiger partial charge in [0.15, 0.2) is 23.0 Å². The number of fused-ring (bicyclic) bond motifs is 14. The molecule has 0 bridgehead atoms. The number of rotatable bonds is 3. The minimum atomic E-state index is -0.319. The van der Waals surface area contributed by atoms with Crippen molar-refractivity contribution >= 4 is 46.2 Å². The molecule has 0 N–H and O–H groups in total. The molecule has 9 aromatic rings. The lowest BCUT2D eigenvalue weighted by molar-refractivity contribution is 0.332. The molecule has 0 saturated heterocycles. The molecule has 5 heteroatoms. The van der Waals surface area contributed by atoms with E-state index in [0.29, 0.717) is 5.75 Å². The average molecular weight is 1020 g/mol. The lowest BCUT2D eigenvalue weighted by atomic mass is 9.42. The smallest absolute Gasteiger partial charge is 0.333 e. The Morgan fingerprint density at radius 1 is 0.436 bits per heavy atom. The van der Waals surface area contributed by atoms with Gasteiger partial charge >= 0.3 is 6.85 Å². The fraction of sp³-hybridized carbons (Fsp3) is 0.260. The van der Waals surface area contributed by atoms with Gasteiger partial charge < -0.3 is 19.2 Å². The number of para-hydroxylation sites is 2. The van der Waals surface area contributed by atoms with Crippen LogP contribution in [0.5, 0.6) is 23.0 Å². The van der Waals surface area contributed by atoms with Crippen LogP contribution in [0.2, 0.25) is 0 Å². The van der Waals surface area contributed by atoms with Gasteiger partial charge in [0.05, 0.1) is 0 Å². The van der Waals surface area contributed by atoms with E-state index in [1.54, 1.807) is 0 Å². The van der Waals surface area contributed by atoms with Crippen LogP contribution in [0.1, 0.15) is 134 Å². The number of aryl methyl sites for hydroxylation is 1. The van der Waals surface area contributed by atoms with Crippen molar-refractivity contribution in [1.82, 2.24) is 0 Å². The van der Waals surface area contributed by atoms with E-state index >= 15 is 0 Å². The van der Waals surface area contributed by atoms with Crippen molar-refractivity contribution in [2.24, 2.45) is 0 Å². The van der Waals surface area contributed by atoms with Gasteiger partial charge in [-0.25, -0.2) is 0 Å². The summed E-state index contributed by atoms with van der Waals surface area (Å²) >= 11 is 0. The summed E-state index contributed by atoms with van der Waals surface area (Å²) in [5.41, 5.74) is 29.0. The quantitative estimate of drug-likeness (QED) is 0.165. The number of hydrogen-bond donors (Lipinski definition) is 0. The SMILES string of the molecule is Cc1cc2c(cc1N1c3cc4c(cc3B3c5c1cc1c(c5-c5cc6c(cc5N3c3ccc(C(C)(C)C)cc3-c3ccccc3)-c3ccccc3C6(C)C)C(C)(C)c3ccccc3-1)Oc1ccccc1O4)C(C)(C)CCC2(C)C. The highest BCUT2D eigenvalue weighted by Crippen LogP contribution is 2.62. The molecule has 3 heterocycles. The van der Waals surface area contributed by atoms with Gasteiger partial charge in [-0.2, -0.15) is 0 Å². The first-order valence-electron chi connectivity index (χ1n) is 28.4. The van der Waals surface area contributed by atoms with Gasteiger partial charge in [-0.3, -0.25) is 0 Å². The van der Waals surface area contributed by atoms with Crippen LogP contribution >= 0.6 is 0 Å². The van der Waals surface area contributed by atoms with Gasteiger partial charge in [0.25, 0.3) is 0 Å². The average Bonchev–Trinajstić information content (AvgIpc) is 3.99. The van der Waals surface area contributed by atoms with Crippen LogP contribution < -0.4 is 30.1 Å². The Bertz CT molecular complexity index is 4110. The summed E-state index contributed by atoms with van der Waals surface area (Å²) in [6, 6.07) is 62.4. The summed E-state index contributed by atoms with van der Waals surface area (Å²) in [6.07, 6.45) is 2.28. The zero-order valence-corrected chi connectivity index (χ0v) is 47.3. The van der Waals surface area contributed by atoms with Gasteiger partial charge in [0.1, 0.15) is 0 Å². The van der Waals surface area contributed by atoms with Crippen LogP contribution in [-0.2, 0) is 27.1 Å². The summed E-state index contributed by atoms with van der Waals surface area (Å²) in [7, 11) is 0. The predicted octanol–water partition coefficient (Wildman–Crippen LogP) is 18.5. The summed E-state index contributed by atoms with van der Waals surface area (Å²) in [6.45, 7) is 28.6. The molecule has 0 atom stereocenters. The Balaban J connectivity index is 1.13. The lowest BCUT2D eigenvalue weighted by Gasteiger charge is -2.49. The monoisotopic (exact) mass is 1010 g/mol. The molecule has 3 aliphatic carbocycles. The predicted molar refractivity (Wildman–Crippen MR) is 326 cm³/mol. The van der Waals surface area contributed by atoms with E-state index < -0.39 is 0 Å². The molecule has 9 aromatic carbocycles. The Morgan fingerprint density at radius 3 is 1.71 bits per heavy atom. The molecule has 384 valence electrons. The maximum absolute atomic E-state index is 7.03. The van der Waals surface area contributed by atoms with E-state index in [1.807, 2.05) is 24.3 Å². The van der Waals surface area contributed by atoms with Crippen molar-refractivity contribution in [3.05, 3.63) is 208 Å². The van der Waals surface area contributed by atoms with Crippen molar-refractivity contribution in [3.63, 3.8) is 0 Å². The van der Waals surface area contributed by atoms with Crippen LogP contribution in [0.4, 0.5) is 28.4 Å². The van der Waals surface area contributed by atoms with Crippen LogP contribution in [0.3, 0.4) is 0 Å². The molecule has 0 spiro atoms. The number of hydrogen-bond acceptors (Lipinski definition) is 4. The molecule has 0 fully saturated rings. The topological polar surface area (TPSA) is 24.9 Å². The first-order valence-corrected chi connectivity index (χ1v) is 28.4. The van der Waals surface area contributed by atoms with Crippen molar-refractivity contribution in [2.75, 3.05) is 9.71 Å². The molecule has 0 unspecified atom stereocenters. The lowest BCUT2D eigenvalue weighted by Crippen LogP contribution is -2.62. The number of nitrogens with zero attached hydrogens (tertiary/aromatic N) is 2. The highest BCUT2D eigenvalue weighted by atomic mass is 16.6. The van der Waals surface area contributed by atoms with E-state index in [4.69, 9.17) is 9.47 Å². The van der Waals surface area contributed by atoms with Gasteiger partial charge in [0.2, 0.25) is 0 Å². The Morgan fingerprint density at radius 2 is 1.03 bits per heavy atom. The zero-order valence-electron chi connectivity index (χ0n) is 47.3. The molecule has 0 aromatic heterocycles. The first kappa shape index (κ1) is 47.5. The fourth-order valence-electron chi connectivity index (χ4n) is 15.0. The minimum absolute atomic E-state index is 0.0150. The molecule has 0 saturated carbocycles. The number of benzene rings is 9.